The number of rotatable bonds is 8. The van der Waals surface area contributed by atoms with Gasteiger partial charge < -0.3 is 24.1 Å². The van der Waals surface area contributed by atoms with Gasteiger partial charge in [0.25, 0.3) is 5.91 Å². The maximum Gasteiger partial charge on any atom is 0.269 e. The molecule has 2 aromatic carbocycles. The molecule has 0 saturated carbocycles. The summed E-state index contributed by atoms with van der Waals surface area (Å²) in [5.74, 6) is 1.91. The monoisotopic (exact) mass is 452 g/mol. The molecule has 1 aliphatic heterocycles. The quantitative estimate of drug-likeness (QED) is 0.547. The summed E-state index contributed by atoms with van der Waals surface area (Å²) in [6.45, 7) is 6.41. The molecule has 1 aromatic heterocycles. The first-order chi connectivity index (χ1) is 16.0. The third-order valence-corrected chi connectivity index (χ3v) is 6.29. The maximum absolute atomic E-state index is 12.6. The molecular formula is C25H32N4O4. The van der Waals surface area contributed by atoms with E-state index >= 15 is 0 Å². The number of H-pyrrole nitrogens is 1. The molecule has 0 radical (unpaired) electrons. The van der Waals surface area contributed by atoms with Crippen LogP contribution in [0.4, 0.5) is 0 Å². The molecule has 0 bridgehead atoms. The van der Waals surface area contributed by atoms with Crippen molar-refractivity contribution in [3.63, 3.8) is 0 Å². The van der Waals surface area contributed by atoms with Gasteiger partial charge in [0.15, 0.2) is 11.5 Å². The van der Waals surface area contributed by atoms with Crippen molar-refractivity contribution in [1.82, 2.24) is 20.3 Å². The summed E-state index contributed by atoms with van der Waals surface area (Å²) in [5.41, 5.74) is 7.09. The minimum absolute atomic E-state index is 0.139. The minimum Gasteiger partial charge on any atom is -0.496 e. The van der Waals surface area contributed by atoms with Crippen molar-refractivity contribution in [1.29, 1.82) is 0 Å². The minimum atomic E-state index is -0.139. The zero-order chi connectivity index (χ0) is 23.4. The van der Waals surface area contributed by atoms with Crippen LogP contribution in [0, 0.1) is 6.92 Å². The second kappa shape index (κ2) is 10.1. The van der Waals surface area contributed by atoms with Crippen LogP contribution in [0.1, 0.15) is 21.6 Å². The number of ether oxygens (including phenoxy) is 3. The van der Waals surface area contributed by atoms with E-state index in [9.17, 15) is 4.79 Å². The summed E-state index contributed by atoms with van der Waals surface area (Å²) in [6, 6.07) is 11.3. The Morgan fingerprint density at radius 1 is 0.970 bits per heavy atom. The van der Waals surface area contributed by atoms with Crippen molar-refractivity contribution in [3.8, 4) is 17.2 Å². The van der Waals surface area contributed by atoms with E-state index in [-0.39, 0.29) is 5.91 Å². The van der Waals surface area contributed by atoms with Crippen LogP contribution in [0.2, 0.25) is 0 Å². The molecule has 8 nitrogen and oxygen atoms in total. The van der Waals surface area contributed by atoms with Gasteiger partial charge in [0, 0.05) is 55.4 Å². The lowest BCUT2D eigenvalue weighted by Crippen LogP contribution is -2.53. The van der Waals surface area contributed by atoms with E-state index in [0.29, 0.717) is 11.3 Å². The third kappa shape index (κ3) is 4.91. The molecule has 0 unspecified atom stereocenters. The predicted molar refractivity (Wildman–Crippen MR) is 128 cm³/mol. The van der Waals surface area contributed by atoms with E-state index in [1.54, 1.807) is 33.5 Å². The number of nitrogens with zero attached hydrogens (tertiary/aromatic N) is 2. The Hall–Kier alpha value is -3.23. The van der Waals surface area contributed by atoms with Crippen LogP contribution in [-0.4, -0.2) is 74.9 Å². The number of fused-ring (bicyclic) bond motifs is 1. The topological polar surface area (TPSA) is 79.1 Å². The summed E-state index contributed by atoms with van der Waals surface area (Å²) >= 11 is 0. The molecule has 1 amide bonds. The second-order valence-corrected chi connectivity index (χ2v) is 8.20. The summed E-state index contributed by atoms with van der Waals surface area (Å²) in [7, 11) is 4.89. The normalized spacial score (nSPS) is 14.9. The highest BCUT2D eigenvalue weighted by Gasteiger charge is 2.21. The number of hydrogen-bond donors (Lipinski definition) is 2. The van der Waals surface area contributed by atoms with Gasteiger partial charge >= 0.3 is 0 Å². The number of hydrazine groups is 1. The summed E-state index contributed by atoms with van der Waals surface area (Å²) < 4.78 is 16.2. The Bertz CT molecular complexity index is 1120. The number of para-hydroxylation sites is 1. The summed E-state index contributed by atoms with van der Waals surface area (Å²) in [5, 5.41) is 3.16. The van der Waals surface area contributed by atoms with Gasteiger partial charge in [-0.2, -0.15) is 0 Å². The van der Waals surface area contributed by atoms with Crippen LogP contribution in [0.15, 0.2) is 36.4 Å². The molecule has 8 heteroatoms. The standard InChI is InChI=1S/C25H32N4O4/c1-17-18(20-15-23(32-3)24(33-4)16-21(20)26-17)9-10-28-11-13-29(14-12-28)27-25(30)19-7-5-6-8-22(19)31-2/h5-8,15-16,26H,9-14H2,1-4H3,(H,27,30). The van der Waals surface area contributed by atoms with Crippen LogP contribution in [0.25, 0.3) is 10.9 Å². The molecule has 3 aromatic rings. The number of piperazine rings is 1. The first kappa shape index (κ1) is 22.9. The number of amides is 1. The average molecular weight is 453 g/mol. The Balaban J connectivity index is 1.34. The molecular weight excluding hydrogens is 420 g/mol. The van der Waals surface area contributed by atoms with E-state index in [1.165, 1.54) is 16.6 Å². The molecule has 0 spiro atoms. The predicted octanol–water partition coefficient (Wildman–Crippen LogP) is 3.01. The van der Waals surface area contributed by atoms with E-state index in [1.807, 2.05) is 23.2 Å². The lowest BCUT2D eigenvalue weighted by Gasteiger charge is -2.34. The van der Waals surface area contributed by atoms with E-state index in [0.717, 1.165) is 56.2 Å². The zero-order valence-corrected chi connectivity index (χ0v) is 19.7. The van der Waals surface area contributed by atoms with Gasteiger partial charge in [-0.05, 0) is 37.1 Å². The van der Waals surface area contributed by atoms with E-state index in [2.05, 4.69) is 28.3 Å². The molecule has 1 aliphatic rings. The van der Waals surface area contributed by atoms with Crippen molar-refractivity contribution < 1.29 is 19.0 Å². The van der Waals surface area contributed by atoms with Crippen LogP contribution >= 0.6 is 0 Å². The van der Waals surface area contributed by atoms with E-state index in [4.69, 9.17) is 14.2 Å². The molecule has 0 aliphatic carbocycles. The molecule has 33 heavy (non-hydrogen) atoms. The van der Waals surface area contributed by atoms with Crippen LogP contribution in [0.5, 0.6) is 17.2 Å². The largest absolute Gasteiger partial charge is 0.496 e. The fourth-order valence-corrected chi connectivity index (χ4v) is 4.42. The van der Waals surface area contributed by atoms with Crippen LogP contribution in [-0.2, 0) is 6.42 Å². The number of methoxy groups -OCH3 is 3. The van der Waals surface area contributed by atoms with Crippen molar-refractivity contribution in [2.24, 2.45) is 0 Å². The second-order valence-electron chi connectivity index (χ2n) is 8.20. The highest BCUT2D eigenvalue weighted by atomic mass is 16.5. The Morgan fingerprint density at radius 2 is 1.64 bits per heavy atom. The fourth-order valence-electron chi connectivity index (χ4n) is 4.42. The number of aromatic amines is 1. The van der Waals surface area contributed by atoms with Crippen molar-refractivity contribution in [2.75, 3.05) is 54.1 Å². The van der Waals surface area contributed by atoms with Gasteiger partial charge in [0.2, 0.25) is 0 Å². The SMILES string of the molecule is COc1cc2[nH]c(C)c(CCN3CCN(NC(=O)c4ccccc4OC)CC3)c2cc1OC. The summed E-state index contributed by atoms with van der Waals surface area (Å²) in [6.07, 6.45) is 0.939. The zero-order valence-electron chi connectivity index (χ0n) is 19.7. The molecule has 1 fully saturated rings. The molecule has 4 rings (SSSR count). The highest BCUT2D eigenvalue weighted by molar-refractivity contribution is 5.96. The van der Waals surface area contributed by atoms with Gasteiger partial charge in [0.05, 0.1) is 26.9 Å². The number of nitrogens with one attached hydrogen (secondary N) is 2. The average Bonchev–Trinajstić information content (AvgIpc) is 3.16. The van der Waals surface area contributed by atoms with Gasteiger partial charge in [-0.3, -0.25) is 10.2 Å². The maximum atomic E-state index is 12.6. The van der Waals surface area contributed by atoms with Crippen molar-refractivity contribution in [3.05, 3.63) is 53.2 Å². The number of hydrogen-bond acceptors (Lipinski definition) is 6. The number of aryl methyl sites for hydroxylation is 1. The first-order valence-corrected chi connectivity index (χ1v) is 11.2. The van der Waals surface area contributed by atoms with Gasteiger partial charge in [0.1, 0.15) is 5.75 Å². The Kier molecular flexibility index (Phi) is 7.05. The van der Waals surface area contributed by atoms with E-state index < -0.39 is 0 Å². The number of aromatic nitrogens is 1. The number of benzene rings is 2. The summed E-state index contributed by atoms with van der Waals surface area (Å²) in [4.78, 5) is 18.6. The van der Waals surface area contributed by atoms with Crippen molar-refractivity contribution in [2.45, 2.75) is 13.3 Å². The number of carbonyl (C=O) groups excluding carboxylic acids is 1. The first-order valence-electron chi connectivity index (χ1n) is 11.2. The molecule has 1 saturated heterocycles. The highest BCUT2D eigenvalue weighted by Crippen LogP contribution is 2.34. The fraction of sp³-hybridized carbons (Fsp3) is 0.400. The molecule has 176 valence electrons. The van der Waals surface area contributed by atoms with Crippen LogP contribution in [0.3, 0.4) is 0 Å². The molecule has 2 N–H and O–H groups in total. The Morgan fingerprint density at radius 3 is 2.33 bits per heavy atom. The van der Waals surface area contributed by atoms with Crippen molar-refractivity contribution >= 4 is 16.8 Å². The van der Waals surface area contributed by atoms with Gasteiger partial charge in [-0.15, -0.1) is 0 Å². The lowest BCUT2D eigenvalue weighted by atomic mass is 10.1. The third-order valence-electron chi connectivity index (χ3n) is 6.29. The smallest absolute Gasteiger partial charge is 0.269 e. The van der Waals surface area contributed by atoms with Gasteiger partial charge in [-0.1, -0.05) is 12.1 Å². The molecule has 0 atom stereocenters. The molecule has 2 heterocycles. The van der Waals surface area contributed by atoms with Crippen LogP contribution < -0.4 is 19.6 Å². The Labute approximate surface area is 194 Å². The lowest BCUT2D eigenvalue weighted by molar-refractivity contribution is 0.0619. The van der Waals surface area contributed by atoms with Gasteiger partial charge in [-0.25, -0.2) is 5.01 Å². The number of carbonyl (C=O) groups is 1.